The van der Waals surface area contributed by atoms with Crippen LogP contribution in [0.2, 0.25) is 0 Å². The lowest BCUT2D eigenvalue weighted by Crippen LogP contribution is -2.04. The van der Waals surface area contributed by atoms with Crippen LogP contribution in [0.25, 0.3) is 0 Å². The van der Waals surface area contributed by atoms with Crippen LogP contribution < -0.4 is 5.73 Å². The van der Waals surface area contributed by atoms with Gasteiger partial charge in [0.25, 0.3) is 0 Å². The van der Waals surface area contributed by atoms with Crippen LogP contribution in [0.4, 0.5) is 5.82 Å². The van der Waals surface area contributed by atoms with Gasteiger partial charge in [0.15, 0.2) is 0 Å². The third-order valence-corrected chi connectivity index (χ3v) is 2.91. The molecule has 17 heavy (non-hydrogen) atoms. The summed E-state index contributed by atoms with van der Waals surface area (Å²) in [7, 11) is 0. The molecule has 90 valence electrons. The molecule has 0 unspecified atom stereocenters. The van der Waals surface area contributed by atoms with E-state index in [1.165, 1.54) is 0 Å². The lowest BCUT2D eigenvalue weighted by atomic mass is 10.0. The molecule has 0 amide bonds. The van der Waals surface area contributed by atoms with Crippen LogP contribution in [0.15, 0.2) is 24.5 Å². The van der Waals surface area contributed by atoms with Gasteiger partial charge in [0, 0.05) is 23.7 Å². The summed E-state index contributed by atoms with van der Waals surface area (Å²) >= 11 is 0. The van der Waals surface area contributed by atoms with Crippen molar-refractivity contribution in [2.45, 2.75) is 33.2 Å². The zero-order chi connectivity index (χ0) is 12.4. The molecular formula is C13H18N4. The first-order valence-electron chi connectivity index (χ1n) is 5.81. The number of aromatic nitrogens is 3. The second-order valence-corrected chi connectivity index (χ2v) is 4.56. The van der Waals surface area contributed by atoms with E-state index in [2.05, 4.69) is 30.9 Å². The van der Waals surface area contributed by atoms with Crippen LogP contribution in [0.5, 0.6) is 0 Å². The smallest absolute Gasteiger partial charge is 0.149 e. The molecule has 0 aliphatic carbocycles. The van der Waals surface area contributed by atoms with E-state index in [-0.39, 0.29) is 0 Å². The number of hydrogen-bond donors (Lipinski definition) is 1. The maximum absolute atomic E-state index is 5.95. The number of nitrogens with two attached hydrogens (primary N) is 1. The monoisotopic (exact) mass is 230 g/mol. The van der Waals surface area contributed by atoms with Gasteiger partial charge < -0.3 is 5.73 Å². The zero-order valence-corrected chi connectivity index (χ0v) is 10.5. The van der Waals surface area contributed by atoms with E-state index in [0.717, 1.165) is 23.4 Å². The number of nitrogen functional groups attached to an aromatic ring is 1. The third kappa shape index (κ3) is 2.30. The summed E-state index contributed by atoms with van der Waals surface area (Å²) in [5, 5.41) is 4.39. The predicted octanol–water partition coefficient (Wildman–Crippen LogP) is 2.34. The molecule has 4 heteroatoms. The van der Waals surface area contributed by atoms with Crippen LogP contribution in [0.3, 0.4) is 0 Å². The Hall–Kier alpha value is -1.84. The van der Waals surface area contributed by atoms with Crippen molar-refractivity contribution in [1.82, 2.24) is 14.8 Å². The van der Waals surface area contributed by atoms with Crippen molar-refractivity contribution >= 4 is 5.82 Å². The van der Waals surface area contributed by atoms with Gasteiger partial charge >= 0.3 is 0 Å². The average Bonchev–Trinajstić information content (AvgIpc) is 2.55. The van der Waals surface area contributed by atoms with Crippen LogP contribution in [-0.2, 0) is 6.54 Å². The van der Waals surface area contributed by atoms with E-state index < -0.39 is 0 Å². The van der Waals surface area contributed by atoms with E-state index in [0.29, 0.717) is 11.7 Å². The Morgan fingerprint density at radius 1 is 1.41 bits per heavy atom. The van der Waals surface area contributed by atoms with Gasteiger partial charge in [0.2, 0.25) is 0 Å². The van der Waals surface area contributed by atoms with Gasteiger partial charge in [-0.2, -0.15) is 5.10 Å². The molecule has 0 aliphatic rings. The highest BCUT2D eigenvalue weighted by molar-refractivity contribution is 5.44. The number of nitrogens with zero attached hydrogens (tertiary/aromatic N) is 3. The highest BCUT2D eigenvalue weighted by Gasteiger charge is 2.15. The van der Waals surface area contributed by atoms with Gasteiger partial charge in [0.05, 0.1) is 6.54 Å². The van der Waals surface area contributed by atoms with Crippen molar-refractivity contribution < 1.29 is 0 Å². The second-order valence-electron chi connectivity index (χ2n) is 4.56. The quantitative estimate of drug-likeness (QED) is 0.880. The van der Waals surface area contributed by atoms with Crippen LogP contribution >= 0.6 is 0 Å². The van der Waals surface area contributed by atoms with Gasteiger partial charge in [0.1, 0.15) is 5.82 Å². The standard InChI is InChI=1S/C13H18N4/c1-9(2)12-10(3)17(16-13(12)14)8-11-5-4-6-15-7-11/h4-7,9H,8H2,1-3H3,(H2,14,16). The van der Waals surface area contributed by atoms with Gasteiger partial charge in [-0.25, -0.2) is 0 Å². The van der Waals surface area contributed by atoms with E-state index >= 15 is 0 Å². The van der Waals surface area contributed by atoms with Gasteiger partial charge in [-0.1, -0.05) is 19.9 Å². The normalized spacial score (nSPS) is 11.1. The predicted molar refractivity (Wildman–Crippen MR) is 68.8 cm³/mol. The van der Waals surface area contributed by atoms with Crippen molar-refractivity contribution in [2.24, 2.45) is 0 Å². The van der Waals surface area contributed by atoms with E-state index in [1.807, 2.05) is 23.0 Å². The molecule has 0 fully saturated rings. The Morgan fingerprint density at radius 2 is 2.18 bits per heavy atom. The fourth-order valence-electron chi connectivity index (χ4n) is 2.12. The molecule has 2 N–H and O–H groups in total. The molecule has 0 radical (unpaired) electrons. The molecule has 0 saturated carbocycles. The van der Waals surface area contributed by atoms with E-state index in [4.69, 9.17) is 5.73 Å². The first-order valence-corrected chi connectivity index (χ1v) is 5.81. The molecule has 0 aliphatic heterocycles. The first-order chi connectivity index (χ1) is 8.09. The minimum absolute atomic E-state index is 0.401. The van der Waals surface area contributed by atoms with Gasteiger partial charge in [-0.3, -0.25) is 9.67 Å². The first kappa shape index (κ1) is 11.6. The molecular weight excluding hydrogens is 212 g/mol. The maximum atomic E-state index is 5.95. The van der Waals surface area contributed by atoms with Crippen LogP contribution in [0, 0.1) is 6.92 Å². The lowest BCUT2D eigenvalue weighted by Gasteiger charge is -2.07. The molecule has 0 bridgehead atoms. The highest BCUT2D eigenvalue weighted by atomic mass is 15.3. The number of rotatable bonds is 3. The van der Waals surface area contributed by atoms with Gasteiger partial charge in [-0.05, 0) is 24.5 Å². The summed E-state index contributed by atoms with van der Waals surface area (Å²) < 4.78 is 1.95. The SMILES string of the molecule is Cc1c(C(C)C)c(N)nn1Cc1cccnc1. The zero-order valence-electron chi connectivity index (χ0n) is 10.5. The fraction of sp³-hybridized carbons (Fsp3) is 0.385. The molecule has 0 spiro atoms. The Kier molecular flexibility index (Phi) is 3.13. The van der Waals surface area contributed by atoms with Crippen LogP contribution in [-0.4, -0.2) is 14.8 Å². The topological polar surface area (TPSA) is 56.7 Å². The number of pyridine rings is 1. The Balaban J connectivity index is 2.32. The summed E-state index contributed by atoms with van der Waals surface area (Å²) in [6, 6.07) is 3.97. The average molecular weight is 230 g/mol. The summed E-state index contributed by atoms with van der Waals surface area (Å²) in [4.78, 5) is 4.10. The summed E-state index contributed by atoms with van der Waals surface area (Å²) in [5.41, 5.74) is 9.37. The highest BCUT2D eigenvalue weighted by Crippen LogP contribution is 2.25. The van der Waals surface area contributed by atoms with Gasteiger partial charge in [-0.15, -0.1) is 0 Å². The number of hydrogen-bond acceptors (Lipinski definition) is 3. The molecule has 2 aromatic heterocycles. The maximum Gasteiger partial charge on any atom is 0.149 e. The largest absolute Gasteiger partial charge is 0.382 e. The summed E-state index contributed by atoms with van der Waals surface area (Å²) in [6.07, 6.45) is 3.62. The minimum Gasteiger partial charge on any atom is -0.382 e. The second kappa shape index (κ2) is 4.57. The summed E-state index contributed by atoms with van der Waals surface area (Å²) in [6.45, 7) is 7.05. The Bertz CT molecular complexity index is 500. The molecule has 4 nitrogen and oxygen atoms in total. The van der Waals surface area contributed by atoms with Crippen LogP contribution in [0.1, 0.15) is 36.6 Å². The van der Waals surface area contributed by atoms with Crippen molar-refractivity contribution in [2.75, 3.05) is 5.73 Å². The van der Waals surface area contributed by atoms with Crippen molar-refractivity contribution in [3.8, 4) is 0 Å². The number of anilines is 1. The summed E-state index contributed by atoms with van der Waals surface area (Å²) in [5.74, 6) is 1.04. The van der Waals surface area contributed by atoms with Crippen molar-refractivity contribution in [1.29, 1.82) is 0 Å². The molecule has 0 atom stereocenters. The molecule has 2 heterocycles. The molecule has 0 aromatic carbocycles. The van der Waals surface area contributed by atoms with Crippen molar-refractivity contribution in [3.05, 3.63) is 41.3 Å². The lowest BCUT2D eigenvalue weighted by molar-refractivity contribution is 0.662. The fourth-order valence-corrected chi connectivity index (χ4v) is 2.12. The Labute approximate surface area is 101 Å². The molecule has 0 saturated heterocycles. The molecule has 2 rings (SSSR count). The Morgan fingerprint density at radius 3 is 2.71 bits per heavy atom. The van der Waals surface area contributed by atoms with E-state index in [9.17, 15) is 0 Å². The van der Waals surface area contributed by atoms with E-state index in [1.54, 1.807) is 6.20 Å². The van der Waals surface area contributed by atoms with Crippen molar-refractivity contribution in [3.63, 3.8) is 0 Å². The minimum atomic E-state index is 0.401. The third-order valence-electron chi connectivity index (χ3n) is 2.91. The molecule has 2 aromatic rings.